The summed E-state index contributed by atoms with van der Waals surface area (Å²) < 4.78 is 8.42. The molecule has 3 aliphatic rings. The number of ether oxygens (including phenoxy) is 1. The average molecular weight is 712 g/mol. The Bertz CT molecular complexity index is 1870. The Labute approximate surface area is 299 Å². The van der Waals surface area contributed by atoms with Gasteiger partial charge in [0.15, 0.2) is 0 Å². The van der Waals surface area contributed by atoms with Gasteiger partial charge < -0.3 is 35.3 Å². The highest BCUT2D eigenvalue weighted by Crippen LogP contribution is 2.40. The smallest absolute Gasteiger partial charge is 0.404 e. The second-order valence-electron chi connectivity index (χ2n) is 15.5. The second-order valence-corrected chi connectivity index (χ2v) is 21.1. The number of hydrogen-bond donors (Lipinski definition) is 4. The Morgan fingerprint density at radius 2 is 1.90 bits per heavy atom. The van der Waals surface area contributed by atoms with Crippen molar-refractivity contribution in [3.8, 4) is 11.3 Å². The summed E-state index contributed by atoms with van der Waals surface area (Å²) in [6, 6.07) is 14.7. The number of fused-ring (bicyclic) bond motifs is 1. The van der Waals surface area contributed by atoms with Crippen molar-refractivity contribution in [3.05, 3.63) is 66.2 Å². The van der Waals surface area contributed by atoms with E-state index in [9.17, 15) is 9.59 Å². The highest BCUT2D eigenvalue weighted by atomic mass is 28.3. The summed E-state index contributed by atoms with van der Waals surface area (Å²) in [5.41, 5.74) is 5.00. The van der Waals surface area contributed by atoms with Crippen LogP contribution in [0.3, 0.4) is 0 Å². The third-order valence-corrected chi connectivity index (χ3v) is 11.9. The van der Waals surface area contributed by atoms with Gasteiger partial charge in [0, 0.05) is 70.9 Å². The number of amides is 2. The molecule has 1 atom stereocenters. The topological polar surface area (TPSA) is 150 Å². The van der Waals surface area contributed by atoms with E-state index in [1.54, 1.807) is 18.6 Å². The van der Waals surface area contributed by atoms with Gasteiger partial charge in [0.1, 0.15) is 30.2 Å². The molecule has 7 rings (SSSR count). The number of aromatic nitrogens is 4. The Hall–Kier alpha value is -4.37. The van der Waals surface area contributed by atoms with Crippen molar-refractivity contribution in [2.45, 2.75) is 76.2 Å². The molecule has 1 spiro atoms. The molecular formula is C37H49N9O4Si. The van der Waals surface area contributed by atoms with Gasteiger partial charge in [0.2, 0.25) is 0 Å². The zero-order chi connectivity index (χ0) is 35.6. The third kappa shape index (κ3) is 8.58. The standard InChI is InChI=1S/C37H49N9O4Si/c1-51(2,3)18-17-50-25-46-32(20-30-33(39-24-40-34(30)46)45-16-14-41-37(23-45)11-12-37)27-6-8-28(9-7-27)42-35(47)31-19-26(10-13-38-31)21-44-15-4-5-29(22-44)43-36(48)49/h6-10,13,19-20,24,29,41,43H,4-5,11-12,14-18,21-23,25H2,1-3H3,(H,42,47)(H,48,49)/t29-/m1/s1. The first-order valence-electron chi connectivity index (χ1n) is 18.0. The first kappa shape index (κ1) is 35.0. The number of carboxylic acid groups (broad SMARTS) is 1. The molecule has 4 aromatic rings. The number of carbonyl (C=O) groups excluding carboxylic acids is 1. The van der Waals surface area contributed by atoms with Crippen molar-refractivity contribution in [1.82, 2.24) is 35.1 Å². The fourth-order valence-electron chi connectivity index (χ4n) is 7.20. The Balaban J connectivity index is 1.08. The van der Waals surface area contributed by atoms with E-state index in [4.69, 9.17) is 19.8 Å². The fourth-order valence-corrected chi connectivity index (χ4v) is 7.95. The molecule has 5 heterocycles. The van der Waals surface area contributed by atoms with E-state index in [2.05, 4.69) is 61.0 Å². The first-order chi connectivity index (χ1) is 24.5. The summed E-state index contributed by atoms with van der Waals surface area (Å²) in [4.78, 5) is 42.9. The van der Waals surface area contributed by atoms with Gasteiger partial charge >= 0.3 is 6.09 Å². The summed E-state index contributed by atoms with van der Waals surface area (Å²) in [5.74, 6) is 0.675. The molecule has 0 radical (unpaired) electrons. The maximum absolute atomic E-state index is 13.3. The van der Waals surface area contributed by atoms with Gasteiger partial charge in [-0.05, 0) is 79.7 Å². The van der Waals surface area contributed by atoms with Gasteiger partial charge in [-0.1, -0.05) is 31.8 Å². The lowest BCUT2D eigenvalue weighted by molar-refractivity contribution is 0.0909. The van der Waals surface area contributed by atoms with E-state index in [1.807, 2.05) is 30.3 Å². The summed E-state index contributed by atoms with van der Waals surface area (Å²) >= 11 is 0. The summed E-state index contributed by atoms with van der Waals surface area (Å²) in [6.07, 6.45) is 6.46. The van der Waals surface area contributed by atoms with Crippen LogP contribution in [-0.4, -0.2) is 101 Å². The van der Waals surface area contributed by atoms with E-state index in [-0.39, 0.29) is 17.5 Å². The van der Waals surface area contributed by atoms with E-state index in [0.717, 1.165) is 78.7 Å². The second kappa shape index (κ2) is 14.7. The minimum Gasteiger partial charge on any atom is -0.465 e. The number of piperidine rings is 1. The molecule has 14 heteroatoms. The normalized spacial score (nSPS) is 19.0. The van der Waals surface area contributed by atoms with Crippen LogP contribution in [0.15, 0.2) is 55.0 Å². The van der Waals surface area contributed by atoms with Crippen molar-refractivity contribution < 1.29 is 19.4 Å². The van der Waals surface area contributed by atoms with Crippen molar-refractivity contribution >= 4 is 42.6 Å². The van der Waals surface area contributed by atoms with E-state index in [0.29, 0.717) is 37.8 Å². The molecule has 270 valence electrons. The maximum atomic E-state index is 13.3. The Morgan fingerprint density at radius 3 is 2.67 bits per heavy atom. The molecule has 51 heavy (non-hydrogen) atoms. The van der Waals surface area contributed by atoms with Crippen LogP contribution >= 0.6 is 0 Å². The molecule has 4 N–H and O–H groups in total. The molecular weight excluding hydrogens is 663 g/mol. The number of benzene rings is 1. The number of anilines is 2. The zero-order valence-electron chi connectivity index (χ0n) is 29.8. The number of nitrogens with one attached hydrogen (secondary N) is 3. The van der Waals surface area contributed by atoms with Crippen LogP contribution in [0.2, 0.25) is 25.7 Å². The molecule has 13 nitrogen and oxygen atoms in total. The Morgan fingerprint density at radius 1 is 1.08 bits per heavy atom. The highest BCUT2D eigenvalue weighted by Gasteiger charge is 2.46. The van der Waals surface area contributed by atoms with Crippen molar-refractivity contribution in [3.63, 3.8) is 0 Å². The van der Waals surface area contributed by atoms with Gasteiger partial charge in [-0.15, -0.1) is 0 Å². The number of carbonyl (C=O) groups is 2. The van der Waals surface area contributed by atoms with E-state index >= 15 is 0 Å². The molecule has 2 saturated heterocycles. The zero-order valence-corrected chi connectivity index (χ0v) is 30.8. The predicted molar refractivity (Wildman–Crippen MR) is 201 cm³/mol. The number of hydrogen-bond acceptors (Lipinski definition) is 9. The minimum atomic E-state index is -1.25. The van der Waals surface area contributed by atoms with Crippen molar-refractivity contribution in [1.29, 1.82) is 0 Å². The number of piperazine rings is 1. The maximum Gasteiger partial charge on any atom is 0.404 e. The number of rotatable bonds is 12. The average Bonchev–Trinajstić information content (AvgIpc) is 3.73. The molecule has 2 amide bonds. The fraction of sp³-hybridized carbons (Fsp3) is 0.486. The van der Waals surface area contributed by atoms with Crippen molar-refractivity contribution in [2.24, 2.45) is 0 Å². The number of nitrogens with zero attached hydrogens (tertiary/aromatic N) is 6. The SMILES string of the molecule is C[Si](C)(C)CCOCn1c(-c2ccc(NC(=O)c3cc(CN4CCC[C@@H](NC(=O)O)C4)ccn3)cc2)cc2c(N3CCNC4(CC4)C3)ncnc21. The quantitative estimate of drug-likeness (QED) is 0.114. The van der Waals surface area contributed by atoms with Crippen LogP contribution in [0, 0.1) is 0 Å². The van der Waals surface area contributed by atoms with Gasteiger partial charge in [0.25, 0.3) is 5.91 Å². The molecule has 2 aliphatic heterocycles. The van der Waals surface area contributed by atoms with E-state index < -0.39 is 14.2 Å². The highest BCUT2D eigenvalue weighted by molar-refractivity contribution is 6.76. The molecule has 1 aromatic carbocycles. The van der Waals surface area contributed by atoms with Gasteiger partial charge in [-0.3, -0.25) is 14.7 Å². The van der Waals surface area contributed by atoms with Gasteiger partial charge in [0.05, 0.1) is 11.1 Å². The molecule has 3 fully saturated rings. The molecule has 3 aromatic heterocycles. The van der Waals surface area contributed by atoms with Gasteiger partial charge in [-0.2, -0.15) is 0 Å². The van der Waals surface area contributed by atoms with Crippen LogP contribution in [0.25, 0.3) is 22.3 Å². The van der Waals surface area contributed by atoms with Gasteiger partial charge in [-0.25, -0.2) is 14.8 Å². The van der Waals surface area contributed by atoms with Crippen LogP contribution < -0.4 is 20.9 Å². The van der Waals surface area contributed by atoms with Crippen LogP contribution in [-0.2, 0) is 18.0 Å². The lowest BCUT2D eigenvalue weighted by atomic mass is 10.0. The van der Waals surface area contributed by atoms with Crippen LogP contribution in [0.1, 0.15) is 41.7 Å². The lowest BCUT2D eigenvalue weighted by Crippen LogP contribution is -2.52. The molecule has 1 saturated carbocycles. The Kier molecular flexibility index (Phi) is 10.1. The molecule has 1 aliphatic carbocycles. The lowest BCUT2D eigenvalue weighted by Gasteiger charge is -2.35. The minimum absolute atomic E-state index is 0.0929. The molecule has 0 bridgehead atoms. The predicted octanol–water partition coefficient (Wildman–Crippen LogP) is 5.23. The number of likely N-dealkylation sites (tertiary alicyclic amines) is 1. The number of pyridine rings is 1. The summed E-state index contributed by atoms with van der Waals surface area (Å²) in [5, 5.41) is 19.4. The van der Waals surface area contributed by atoms with Crippen LogP contribution in [0.4, 0.5) is 16.3 Å². The third-order valence-electron chi connectivity index (χ3n) is 10.1. The first-order valence-corrected chi connectivity index (χ1v) is 21.8. The van der Waals surface area contributed by atoms with Crippen molar-refractivity contribution in [2.75, 3.05) is 49.5 Å². The monoisotopic (exact) mass is 711 g/mol. The van der Waals surface area contributed by atoms with Crippen LogP contribution in [0.5, 0.6) is 0 Å². The van der Waals surface area contributed by atoms with E-state index in [1.165, 1.54) is 12.8 Å². The summed E-state index contributed by atoms with van der Waals surface area (Å²) in [6.45, 7) is 13.1. The molecule has 0 unspecified atom stereocenters. The largest absolute Gasteiger partial charge is 0.465 e. The summed E-state index contributed by atoms with van der Waals surface area (Å²) in [7, 11) is -1.25.